The second-order valence-electron chi connectivity index (χ2n) is 4.60. The lowest BCUT2D eigenvalue weighted by Gasteiger charge is -2.10. The van der Waals surface area contributed by atoms with Crippen LogP contribution in [-0.4, -0.2) is 21.9 Å². The molecule has 0 aliphatic rings. The predicted molar refractivity (Wildman–Crippen MR) is 76.8 cm³/mol. The van der Waals surface area contributed by atoms with Gasteiger partial charge in [-0.1, -0.05) is 23.7 Å². The zero-order valence-electron chi connectivity index (χ0n) is 11.2. The summed E-state index contributed by atoms with van der Waals surface area (Å²) in [5.74, 6) is -1.09. The Morgan fingerprint density at radius 1 is 1.35 bits per heavy atom. The first kappa shape index (κ1) is 14.3. The summed E-state index contributed by atoms with van der Waals surface area (Å²) in [5.41, 5.74) is 2.47. The Bertz CT molecular complexity index is 689. The van der Waals surface area contributed by atoms with Crippen LogP contribution in [0.5, 0.6) is 0 Å². The number of hydrogen-bond acceptors (Lipinski definition) is 2. The van der Waals surface area contributed by atoms with Gasteiger partial charge in [-0.15, -0.1) is 0 Å². The lowest BCUT2D eigenvalue weighted by molar-refractivity contribution is 0.0693. The molecule has 1 aromatic carbocycles. The average molecular weight is 292 g/mol. The summed E-state index contributed by atoms with van der Waals surface area (Å²) < 4.78 is 1.82. The number of carboxylic acid groups (broad SMARTS) is 1. The molecule has 0 atom stereocenters. The van der Waals surface area contributed by atoms with E-state index >= 15 is 0 Å². The Morgan fingerprint density at radius 3 is 2.55 bits per heavy atom. The fourth-order valence-electron chi connectivity index (χ4n) is 2.38. The van der Waals surface area contributed by atoms with Gasteiger partial charge in [0.25, 0.3) is 0 Å². The number of carbonyl (C=O) groups excluding carboxylic acids is 1. The fourth-order valence-corrected chi connectivity index (χ4v) is 2.59. The first-order chi connectivity index (χ1) is 9.45. The van der Waals surface area contributed by atoms with Gasteiger partial charge in [0.05, 0.1) is 5.56 Å². The third-order valence-electron chi connectivity index (χ3n) is 3.39. The normalized spacial score (nSPS) is 10.6. The van der Waals surface area contributed by atoms with E-state index in [1.165, 1.54) is 0 Å². The molecule has 1 N–H and O–H groups in total. The van der Waals surface area contributed by atoms with Gasteiger partial charge in [-0.2, -0.15) is 0 Å². The van der Waals surface area contributed by atoms with Crippen LogP contribution in [0.4, 0.5) is 0 Å². The molecule has 0 saturated carbocycles. The van der Waals surface area contributed by atoms with Crippen molar-refractivity contribution in [3.63, 3.8) is 0 Å². The number of benzene rings is 1. The Balaban J connectivity index is 2.52. The predicted octanol–water partition coefficient (Wildman–Crippen LogP) is 3.32. The number of hydrogen-bond donors (Lipinski definition) is 1. The molecule has 0 aliphatic heterocycles. The van der Waals surface area contributed by atoms with Crippen LogP contribution in [0.25, 0.3) is 0 Å². The van der Waals surface area contributed by atoms with Crippen molar-refractivity contribution in [1.29, 1.82) is 0 Å². The van der Waals surface area contributed by atoms with Crippen molar-refractivity contribution in [1.82, 2.24) is 4.57 Å². The van der Waals surface area contributed by atoms with Crippen molar-refractivity contribution in [3.05, 3.63) is 57.4 Å². The van der Waals surface area contributed by atoms with Gasteiger partial charge in [0.2, 0.25) is 0 Å². The zero-order valence-corrected chi connectivity index (χ0v) is 11.9. The molecule has 5 heteroatoms. The molecule has 104 valence electrons. The third-order valence-corrected chi connectivity index (χ3v) is 3.63. The smallest absolute Gasteiger partial charge is 0.338 e. The minimum Gasteiger partial charge on any atom is -0.478 e. The van der Waals surface area contributed by atoms with Crippen LogP contribution in [0.2, 0.25) is 5.02 Å². The van der Waals surface area contributed by atoms with E-state index in [1.54, 1.807) is 19.9 Å². The van der Waals surface area contributed by atoms with Gasteiger partial charge in [0, 0.05) is 28.5 Å². The molecule has 2 rings (SSSR count). The van der Waals surface area contributed by atoms with E-state index in [0.29, 0.717) is 29.2 Å². The minimum absolute atomic E-state index is 0.0690. The van der Waals surface area contributed by atoms with Crippen LogP contribution in [0.1, 0.15) is 37.7 Å². The lowest BCUT2D eigenvalue weighted by Crippen LogP contribution is -2.05. The molecule has 0 radical (unpaired) electrons. The summed E-state index contributed by atoms with van der Waals surface area (Å²) in [4.78, 5) is 22.4. The Morgan fingerprint density at radius 2 is 2.05 bits per heavy atom. The van der Waals surface area contributed by atoms with Crippen molar-refractivity contribution in [3.8, 4) is 0 Å². The van der Waals surface area contributed by atoms with Crippen LogP contribution in [-0.2, 0) is 6.54 Å². The number of aromatic nitrogens is 1. The van der Waals surface area contributed by atoms with Crippen molar-refractivity contribution >= 4 is 23.9 Å². The van der Waals surface area contributed by atoms with E-state index in [4.69, 9.17) is 11.6 Å². The highest BCUT2D eigenvalue weighted by Crippen LogP contribution is 2.23. The van der Waals surface area contributed by atoms with E-state index in [0.717, 1.165) is 5.56 Å². The second kappa shape index (κ2) is 5.51. The second-order valence-corrected chi connectivity index (χ2v) is 5.04. The first-order valence-electron chi connectivity index (χ1n) is 6.08. The van der Waals surface area contributed by atoms with E-state index in [2.05, 4.69) is 0 Å². The van der Waals surface area contributed by atoms with E-state index in [9.17, 15) is 14.7 Å². The Kier molecular flexibility index (Phi) is 3.95. The van der Waals surface area contributed by atoms with E-state index in [1.807, 2.05) is 22.8 Å². The van der Waals surface area contributed by atoms with Crippen LogP contribution in [0, 0.1) is 13.8 Å². The largest absolute Gasteiger partial charge is 0.478 e. The lowest BCUT2D eigenvalue weighted by atomic mass is 10.1. The summed E-state index contributed by atoms with van der Waals surface area (Å²) in [7, 11) is 0. The topological polar surface area (TPSA) is 59.3 Å². The van der Waals surface area contributed by atoms with Gasteiger partial charge < -0.3 is 9.67 Å². The van der Waals surface area contributed by atoms with E-state index in [-0.39, 0.29) is 11.1 Å². The Hall–Kier alpha value is -2.07. The molecule has 0 bridgehead atoms. The highest BCUT2D eigenvalue weighted by molar-refractivity contribution is 6.30. The summed E-state index contributed by atoms with van der Waals surface area (Å²) in [6, 6.07) is 7.35. The third kappa shape index (κ3) is 2.47. The van der Waals surface area contributed by atoms with Crippen molar-refractivity contribution < 1.29 is 14.7 Å². The summed E-state index contributed by atoms with van der Waals surface area (Å²) in [6.45, 7) is 3.92. The van der Waals surface area contributed by atoms with Crippen LogP contribution in [0.3, 0.4) is 0 Å². The molecule has 1 heterocycles. The SMILES string of the molecule is Cc1c(C=O)c(C(=O)O)c(C)n1Cc1cccc(Cl)c1. The number of halogens is 1. The molecular weight excluding hydrogens is 278 g/mol. The van der Waals surface area contributed by atoms with Gasteiger partial charge in [-0.3, -0.25) is 4.79 Å². The van der Waals surface area contributed by atoms with Crippen molar-refractivity contribution in [2.45, 2.75) is 20.4 Å². The summed E-state index contributed by atoms with van der Waals surface area (Å²) in [5, 5.41) is 9.86. The van der Waals surface area contributed by atoms with Crippen molar-refractivity contribution in [2.75, 3.05) is 0 Å². The van der Waals surface area contributed by atoms with Crippen LogP contribution >= 0.6 is 11.6 Å². The standard InChI is InChI=1S/C15H14ClNO3/c1-9-13(8-18)14(15(19)20)10(2)17(9)7-11-4-3-5-12(16)6-11/h3-6,8H,7H2,1-2H3,(H,19,20). The minimum atomic E-state index is -1.09. The van der Waals surface area contributed by atoms with Gasteiger partial charge in [0.15, 0.2) is 6.29 Å². The highest BCUT2D eigenvalue weighted by atomic mass is 35.5. The van der Waals surface area contributed by atoms with Gasteiger partial charge in [0.1, 0.15) is 0 Å². The molecule has 0 amide bonds. The maximum absolute atomic E-state index is 11.3. The average Bonchev–Trinajstić information content (AvgIpc) is 2.62. The number of nitrogens with zero attached hydrogens (tertiary/aromatic N) is 1. The molecule has 20 heavy (non-hydrogen) atoms. The first-order valence-corrected chi connectivity index (χ1v) is 6.46. The molecule has 2 aromatic rings. The van der Waals surface area contributed by atoms with Crippen molar-refractivity contribution in [2.24, 2.45) is 0 Å². The molecule has 4 nitrogen and oxygen atoms in total. The zero-order chi connectivity index (χ0) is 14.9. The molecule has 1 aromatic heterocycles. The fraction of sp³-hybridized carbons (Fsp3) is 0.200. The number of carbonyl (C=O) groups is 2. The molecular formula is C15H14ClNO3. The van der Waals surface area contributed by atoms with Crippen LogP contribution < -0.4 is 0 Å². The number of aromatic carboxylic acids is 1. The quantitative estimate of drug-likeness (QED) is 0.879. The molecule has 0 unspecified atom stereocenters. The monoisotopic (exact) mass is 291 g/mol. The summed E-state index contributed by atoms with van der Waals surface area (Å²) in [6.07, 6.45) is 0.597. The molecule has 0 saturated heterocycles. The number of aldehydes is 1. The number of carboxylic acids is 1. The molecule has 0 aliphatic carbocycles. The maximum Gasteiger partial charge on any atom is 0.338 e. The molecule has 0 spiro atoms. The maximum atomic E-state index is 11.3. The Labute approximate surface area is 121 Å². The van der Waals surface area contributed by atoms with Crippen LogP contribution in [0.15, 0.2) is 24.3 Å². The van der Waals surface area contributed by atoms with E-state index < -0.39 is 5.97 Å². The van der Waals surface area contributed by atoms with Gasteiger partial charge in [-0.25, -0.2) is 4.79 Å². The van der Waals surface area contributed by atoms with Gasteiger partial charge >= 0.3 is 5.97 Å². The van der Waals surface area contributed by atoms with Gasteiger partial charge in [-0.05, 0) is 31.5 Å². The number of rotatable bonds is 4. The summed E-state index contributed by atoms with van der Waals surface area (Å²) >= 11 is 5.95. The molecule has 0 fully saturated rings. The highest BCUT2D eigenvalue weighted by Gasteiger charge is 2.22.